The quantitative estimate of drug-likeness (QED) is 0.583. The van der Waals surface area contributed by atoms with E-state index in [1.54, 1.807) is 0 Å². The van der Waals surface area contributed by atoms with Crippen LogP contribution in [-0.2, 0) is 0 Å². The molecule has 0 spiro atoms. The van der Waals surface area contributed by atoms with Gasteiger partial charge in [-0.25, -0.2) is 6.57 Å². The van der Waals surface area contributed by atoms with Gasteiger partial charge in [-0.1, -0.05) is 0 Å². The second-order valence-corrected chi connectivity index (χ2v) is 4.48. The van der Waals surface area contributed by atoms with E-state index in [2.05, 4.69) is 30.5 Å². The van der Waals surface area contributed by atoms with E-state index in [9.17, 15) is 0 Å². The molecule has 2 heteroatoms. The van der Waals surface area contributed by atoms with Crippen LogP contribution < -0.4 is 0 Å². The second kappa shape index (κ2) is 3.45. The van der Waals surface area contributed by atoms with Gasteiger partial charge in [0, 0.05) is 11.6 Å². The van der Waals surface area contributed by atoms with E-state index in [1.165, 1.54) is 12.8 Å². The van der Waals surface area contributed by atoms with Gasteiger partial charge < -0.3 is 4.85 Å². The van der Waals surface area contributed by atoms with Crippen molar-refractivity contribution in [2.45, 2.75) is 45.2 Å². The summed E-state index contributed by atoms with van der Waals surface area (Å²) in [6, 6.07) is 0.770. The minimum atomic E-state index is 0.242. The molecule has 0 unspecified atom stereocenters. The highest BCUT2D eigenvalue weighted by Crippen LogP contribution is 2.32. The average molecular weight is 166 g/mol. The molecule has 0 aromatic carbocycles. The van der Waals surface area contributed by atoms with Gasteiger partial charge in [-0.05, 0) is 33.6 Å². The topological polar surface area (TPSA) is 7.60 Å². The van der Waals surface area contributed by atoms with Crippen LogP contribution in [0.1, 0.15) is 33.6 Å². The predicted octanol–water partition coefficient (Wildman–Crippen LogP) is 2.17. The normalized spacial score (nSPS) is 17.9. The Bertz CT molecular complexity index is 181. The summed E-state index contributed by atoms with van der Waals surface area (Å²) in [5.41, 5.74) is 0.242. The molecule has 12 heavy (non-hydrogen) atoms. The average Bonchev–Trinajstić information content (AvgIpc) is 2.69. The van der Waals surface area contributed by atoms with Crippen LogP contribution in [0.5, 0.6) is 0 Å². The fraction of sp³-hybridized carbons (Fsp3) is 0.900. The van der Waals surface area contributed by atoms with Crippen LogP contribution in [0.4, 0.5) is 0 Å². The molecule has 0 amide bonds. The van der Waals surface area contributed by atoms with Crippen LogP contribution in [0.3, 0.4) is 0 Å². The van der Waals surface area contributed by atoms with Gasteiger partial charge in [0.15, 0.2) is 0 Å². The van der Waals surface area contributed by atoms with Crippen LogP contribution >= 0.6 is 0 Å². The largest absolute Gasteiger partial charge is 0.316 e. The SMILES string of the molecule is [C-]#[N+]CCN(C1CC1)C(C)(C)C. The predicted molar refractivity (Wildman–Crippen MR) is 51.0 cm³/mol. The van der Waals surface area contributed by atoms with Crippen LogP contribution in [0.25, 0.3) is 4.85 Å². The Morgan fingerprint density at radius 3 is 2.33 bits per heavy atom. The van der Waals surface area contributed by atoms with Crippen molar-refractivity contribution in [1.29, 1.82) is 0 Å². The molecule has 1 rings (SSSR count). The maximum atomic E-state index is 6.76. The minimum absolute atomic E-state index is 0.242. The Kier molecular flexibility index (Phi) is 2.74. The third-order valence-corrected chi connectivity index (χ3v) is 2.30. The smallest absolute Gasteiger partial charge is 0.227 e. The first-order valence-corrected chi connectivity index (χ1v) is 4.65. The number of rotatable bonds is 3. The van der Waals surface area contributed by atoms with E-state index in [4.69, 9.17) is 6.57 Å². The fourth-order valence-corrected chi connectivity index (χ4v) is 1.61. The van der Waals surface area contributed by atoms with Crippen molar-refractivity contribution in [3.05, 3.63) is 11.4 Å². The Balaban J connectivity index is 2.44. The first-order chi connectivity index (χ1) is 5.55. The third-order valence-electron chi connectivity index (χ3n) is 2.30. The van der Waals surface area contributed by atoms with Gasteiger partial charge >= 0.3 is 0 Å². The van der Waals surface area contributed by atoms with E-state index in [0.717, 1.165) is 12.6 Å². The molecule has 0 heterocycles. The van der Waals surface area contributed by atoms with Gasteiger partial charge in [0.1, 0.15) is 0 Å². The molecule has 1 aliphatic rings. The molecule has 2 nitrogen and oxygen atoms in total. The lowest BCUT2D eigenvalue weighted by molar-refractivity contribution is 0.134. The van der Waals surface area contributed by atoms with Crippen molar-refractivity contribution in [3.8, 4) is 0 Å². The van der Waals surface area contributed by atoms with Crippen molar-refractivity contribution in [3.63, 3.8) is 0 Å². The van der Waals surface area contributed by atoms with Crippen LogP contribution in [-0.4, -0.2) is 29.6 Å². The summed E-state index contributed by atoms with van der Waals surface area (Å²) >= 11 is 0. The Morgan fingerprint density at radius 1 is 1.42 bits per heavy atom. The second-order valence-electron chi connectivity index (χ2n) is 4.48. The van der Waals surface area contributed by atoms with Crippen molar-refractivity contribution >= 4 is 0 Å². The molecule has 0 aromatic rings. The monoisotopic (exact) mass is 166 g/mol. The summed E-state index contributed by atoms with van der Waals surface area (Å²) < 4.78 is 0. The highest BCUT2D eigenvalue weighted by atomic mass is 15.2. The van der Waals surface area contributed by atoms with E-state index in [-0.39, 0.29) is 5.54 Å². The Labute approximate surface area is 75.4 Å². The van der Waals surface area contributed by atoms with Crippen molar-refractivity contribution < 1.29 is 0 Å². The number of hydrogen-bond donors (Lipinski definition) is 0. The molecule has 0 bridgehead atoms. The van der Waals surface area contributed by atoms with E-state index in [1.807, 2.05) is 0 Å². The van der Waals surface area contributed by atoms with E-state index in [0.29, 0.717) is 6.54 Å². The third kappa shape index (κ3) is 2.49. The Morgan fingerprint density at radius 2 is 2.00 bits per heavy atom. The molecule has 0 atom stereocenters. The number of nitrogens with zero attached hydrogens (tertiary/aromatic N) is 2. The van der Waals surface area contributed by atoms with Crippen molar-refractivity contribution in [2.75, 3.05) is 13.1 Å². The summed E-state index contributed by atoms with van der Waals surface area (Å²) in [5, 5.41) is 0. The lowest BCUT2D eigenvalue weighted by Gasteiger charge is -2.34. The van der Waals surface area contributed by atoms with Crippen LogP contribution in [0, 0.1) is 6.57 Å². The van der Waals surface area contributed by atoms with Gasteiger partial charge in [-0.2, -0.15) is 0 Å². The van der Waals surface area contributed by atoms with Crippen molar-refractivity contribution in [1.82, 2.24) is 4.90 Å². The molecular weight excluding hydrogens is 148 g/mol. The zero-order valence-electron chi connectivity index (χ0n) is 8.30. The Hall–Kier alpha value is -0.550. The van der Waals surface area contributed by atoms with Gasteiger partial charge in [-0.15, -0.1) is 0 Å². The molecule has 1 aliphatic carbocycles. The zero-order chi connectivity index (χ0) is 9.19. The maximum Gasteiger partial charge on any atom is 0.227 e. The van der Waals surface area contributed by atoms with Crippen LogP contribution in [0.15, 0.2) is 0 Å². The molecule has 0 radical (unpaired) electrons. The molecule has 1 fully saturated rings. The highest BCUT2D eigenvalue weighted by Gasteiger charge is 2.35. The maximum absolute atomic E-state index is 6.76. The summed E-state index contributed by atoms with van der Waals surface area (Å²) in [4.78, 5) is 5.87. The number of hydrogen-bond acceptors (Lipinski definition) is 1. The van der Waals surface area contributed by atoms with Crippen LogP contribution in [0.2, 0.25) is 0 Å². The molecule has 68 valence electrons. The molecule has 0 aromatic heterocycles. The van der Waals surface area contributed by atoms with Gasteiger partial charge in [0.25, 0.3) is 0 Å². The minimum Gasteiger partial charge on any atom is -0.316 e. The molecular formula is C10H18N2. The van der Waals surface area contributed by atoms with Crippen molar-refractivity contribution in [2.24, 2.45) is 0 Å². The van der Waals surface area contributed by atoms with Gasteiger partial charge in [-0.3, -0.25) is 4.90 Å². The molecule has 0 saturated heterocycles. The highest BCUT2D eigenvalue weighted by molar-refractivity contribution is 4.92. The first kappa shape index (κ1) is 9.54. The summed E-state index contributed by atoms with van der Waals surface area (Å²) in [7, 11) is 0. The summed E-state index contributed by atoms with van der Waals surface area (Å²) in [5.74, 6) is 0. The molecule has 0 aliphatic heterocycles. The van der Waals surface area contributed by atoms with E-state index < -0.39 is 0 Å². The fourth-order valence-electron chi connectivity index (χ4n) is 1.61. The molecule has 0 N–H and O–H groups in total. The first-order valence-electron chi connectivity index (χ1n) is 4.65. The lowest BCUT2D eigenvalue weighted by Crippen LogP contribution is -2.44. The standard InChI is InChI=1S/C10H18N2/c1-10(2,3)12(8-7-11-4)9-5-6-9/h9H,5-8H2,1-3H3. The van der Waals surface area contributed by atoms with Gasteiger partial charge in [0.05, 0.1) is 6.54 Å². The van der Waals surface area contributed by atoms with Gasteiger partial charge in [0.2, 0.25) is 6.54 Å². The summed E-state index contributed by atoms with van der Waals surface area (Å²) in [6.45, 7) is 15.0. The zero-order valence-corrected chi connectivity index (χ0v) is 8.30. The van der Waals surface area contributed by atoms with E-state index >= 15 is 0 Å². The lowest BCUT2D eigenvalue weighted by atomic mass is 10.1. The molecule has 1 saturated carbocycles. The summed E-state index contributed by atoms with van der Waals surface area (Å²) in [6.07, 6.45) is 2.66.